The molecule has 0 radical (unpaired) electrons. The lowest BCUT2D eigenvalue weighted by molar-refractivity contribution is -0.124. The third kappa shape index (κ3) is 3.20. The van der Waals surface area contributed by atoms with Crippen LogP contribution >= 0.6 is 0 Å². The van der Waals surface area contributed by atoms with Crippen molar-refractivity contribution in [3.8, 4) is 11.8 Å². The molecule has 0 saturated heterocycles. The monoisotopic (exact) mass is 271 g/mol. The van der Waals surface area contributed by atoms with Gasteiger partial charge in [-0.2, -0.15) is 0 Å². The number of rotatable bonds is 2. The van der Waals surface area contributed by atoms with Crippen molar-refractivity contribution in [2.45, 2.75) is 39.5 Å². The van der Waals surface area contributed by atoms with Gasteiger partial charge in [-0.05, 0) is 43.5 Å². The molecule has 20 heavy (non-hydrogen) atoms. The molecular formula is C17H21NO2. The van der Waals surface area contributed by atoms with E-state index in [1.807, 2.05) is 32.0 Å². The Kier molecular flexibility index (Phi) is 4.46. The summed E-state index contributed by atoms with van der Waals surface area (Å²) in [4.78, 5) is 12.3. The smallest absolute Gasteiger partial charge is 0.230 e. The lowest BCUT2D eigenvalue weighted by atomic mass is 9.88. The van der Waals surface area contributed by atoms with Gasteiger partial charge in [-0.15, -0.1) is 0 Å². The number of carbonyl (C=O) groups excluding carboxylic acids is 1. The van der Waals surface area contributed by atoms with Crippen LogP contribution in [0.15, 0.2) is 18.2 Å². The fraction of sp³-hybridized carbons (Fsp3) is 0.471. The topological polar surface area (TPSA) is 49.3 Å². The Morgan fingerprint density at radius 2 is 2.10 bits per heavy atom. The van der Waals surface area contributed by atoms with Crippen molar-refractivity contribution in [1.82, 2.24) is 0 Å². The van der Waals surface area contributed by atoms with E-state index in [0.29, 0.717) is 0 Å². The van der Waals surface area contributed by atoms with E-state index < -0.39 is 0 Å². The number of aryl methyl sites for hydroxylation is 1. The third-order valence-corrected chi connectivity index (χ3v) is 4.04. The van der Waals surface area contributed by atoms with Gasteiger partial charge < -0.3 is 10.4 Å². The number of benzene rings is 1. The Labute approximate surface area is 120 Å². The largest absolute Gasteiger partial charge is 0.384 e. The SMILES string of the molecule is Cc1cc(NC(=O)C2(C)CCCC2)ccc1C#CCO. The number of aliphatic hydroxyl groups excluding tert-OH is 1. The highest BCUT2D eigenvalue weighted by atomic mass is 16.2. The summed E-state index contributed by atoms with van der Waals surface area (Å²) < 4.78 is 0. The fourth-order valence-electron chi connectivity index (χ4n) is 2.68. The quantitative estimate of drug-likeness (QED) is 0.813. The molecule has 1 aromatic rings. The van der Waals surface area contributed by atoms with E-state index in [9.17, 15) is 4.79 Å². The maximum Gasteiger partial charge on any atom is 0.230 e. The molecule has 1 saturated carbocycles. The molecule has 2 N–H and O–H groups in total. The van der Waals surface area contributed by atoms with E-state index in [4.69, 9.17) is 5.11 Å². The lowest BCUT2D eigenvalue weighted by Gasteiger charge is -2.22. The molecule has 1 aliphatic rings. The molecule has 0 spiro atoms. The van der Waals surface area contributed by atoms with Gasteiger partial charge in [0.2, 0.25) is 5.91 Å². The van der Waals surface area contributed by atoms with Crippen LogP contribution in [-0.4, -0.2) is 17.6 Å². The standard InChI is InChI=1S/C17H21NO2/c1-13-12-15(8-7-14(13)6-5-11-19)18-16(20)17(2)9-3-4-10-17/h7-8,12,19H,3-4,9-11H2,1-2H3,(H,18,20). The van der Waals surface area contributed by atoms with Crippen LogP contribution < -0.4 is 5.32 Å². The minimum atomic E-state index is -0.219. The van der Waals surface area contributed by atoms with Crippen molar-refractivity contribution in [2.24, 2.45) is 5.41 Å². The van der Waals surface area contributed by atoms with Gasteiger partial charge in [0.25, 0.3) is 0 Å². The number of anilines is 1. The van der Waals surface area contributed by atoms with E-state index in [-0.39, 0.29) is 17.9 Å². The second-order valence-electron chi connectivity index (χ2n) is 5.71. The molecule has 0 aromatic heterocycles. The summed E-state index contributed by atoms with van der Waals surface area (Å²) in [6.45, 7) is 3.86. The summed E-state index contributed by atoms with van der Waals surface area (Å²) >= 11 is 0. The molecule has 0 bridgehead atoms. The minimum absolute atomic E-state index is 0.114. The number of aliphatic hydroxyl groups is 1. The zero-order valence-electron chi connectivity index (χ0n) is 12.1. The van der Waals surface area contributed by atoms with Crippen LogP contribution in [0, 0.1) is 24.2 Å². The van der Waals surface area contributed by atoms with Gasteiger partial charge in [-0.3, -0.25) is 4.79 Å². The van der Waals surface area contributed by atoms with Crippen LogP contribution in [0.5, 0.6) is 0 Å². The molecule has 1 fully saturated rings. The summed E-state index contributed by atoms with van der Waals surface area (Å²) in [5.74, 6) is 5.64. The van der Waals surface area contributed by atoms with Gasteiger partial charge in [-0.25, -0.2) is 0 Å². The van der Waals surface area contributed by atoms with Crippen molar-refractivity contribution in [3.05, 3.63) is 29.3 Å². The first kappa shape index (κ1) is 14.6. The van der Waals surface area contributed by atoms with Crippen molar-refractivity contribution in [1.29, 1.82) is 0 Å². The number of amides is 1. The second-order valence-corrected chi connectivity index (χ2v) is 5.71. The van der Waals surface area contributed by atoms with E-state index in [0.717, 1.165) is 42.5 Å². The Balaban J connectivity index is 2.10. The van der Waals surface area contributed by atoms with E-state index in [1.54, 1.807) is 0 Å². The van der Waals surface area contributed by atoms with Gasteiger partial charge in [0.15, 0.2) is 0 Å². The van der Waals surface area contributed by atoms with Gasteiger partial charge in [0.1, 0.15) is 6.61 Å². The average Bonchev–Trinajstić information content (AvgIpc) is 2.86. The summed E-state index contributed by atoms with van der Waals surface area (Å²) in [5.41, 5.74) is 2.48. The molecule has 0 unspecified atom stereocenters. The highest BCUT2D eigenvalue weighted by Gasteiger charge is 2.36. The zero-order valence-corrected chi connectivity index (χ0v) is 12.1. The molecule has 0 atom stereocenters. The highest BCUT2D eigenvalue weighted by Crippen LogP contribution is 2.38. The molecule has 0 aliphatic heterocycles. The predicted molar refractivity (Wildman–Crippen MR) is 80.3 cm³/mol. The van der Waals surface area contributed by atoms with Crippen molar-refractivity contribution in [3.63, 3.8) is 0 Å². The Bertz CT molecular complexity index is 560. The van der Waals surface area contributed by atoms with Crippen LogP contribution in [0.1, 0.15) is 43.7 Å². The maximum absolute atomic E-state index is 12.3. The normalized spacial score (nSPS) is 16.4. The van der Waals surface area contributed by atoms with Crippen LogP contribution in [0.4, 0.5) is 5.69 Å². The highest BCUT2D eigenvalue weighted by molar-refractivity contribution is 5.95. The fourth-order valence-corrected chi connectivity index (χ4v) is 2.68. The van der Waals surface area contributed by atoms with E-state index in [1.165, 1.54) is 0 Å². The minimum Gasteiger partial charge on any atom is -0.384 e. The van der Waals surface area contributed by atoms with Gasteiger partial charge >= 0.3 is 0 Å². The first-order valence-corrected chi connectivity index (χ1v) is 7.07. The van der Waals surface area contributed by atoms with Crippen LogP contribution in [0.25, 0.3) is 0 Å². The van der Waals surface area contributed by atoms with Crippen LogP contribution in [0.2, 0.25) is 0 Å². The number of nitrogens with one attached hydrogen (secondary N) is 1. The first-order valence-electron chi connectivity index (χ1n) is 7.07. The summed E-state index contributed by atoms with van der Waals surface area (Å²) in [6.07, 6.45) is 4.22. The number of carbonyl (C=O) groups is 1. The molecule has 2 rings (SSSR count). The molecule has 106 valence electrons. The Morgan fingerprint density at radius 1 is 1.40 bits per heavy atom. The van der Waals surface area contributed by atoms with Gasteiger partial charge in [0, 0.05) is 16.7 Å². The summed E-state index contributed by atoms with van der Waals surface area (Å²) in [7, 11) is 0. The molecule has 0 heterocycles. The molecule has 1 aliphatic carbocycles. The molecule has 1 amide bonds. The molecule has 3 heteroatoms. The first-order chi connectivity index (χ1) is 9.55. The van der Waals surface area contributed by atoms with Crippen molar-refractivity contribution < 1.29 is 9.90 Å². The zero-order chi connectivity index (χ0) is 14.6. The van der Waals surface area contributed by atoms with E-state index >= 15 is 0 Å². The van der Waals surface area contributed by atoms with E-state index in [2.05, 4.69) is 17.2 Å². The number of hydrogen-bond donors (Lipinski definition) is 2. The van der Waals surface area contributed by atoms with Crippen LogP contribution in [-0.2, 0) is 4.79 Å². The molecule has 3 nitrogen and oxygen atoms in total. The Morgan fingerprint density at radius 3 is 2.70 bits per heavy atom. The van der Waals surface area contributed by atoms with Gasteiger partial charge in [-0.1, -0.05) is 31.6 Å². The summed E-state index contributed by atoms with van der Waals surface area (Å²) in [6, 6.07) is 5.67. The Hall–Kier alpha value is -1.79. The predicted octanol–water partition coefficient (Wildman–Crippen LogP) is 2.86. The second kappa shape index (κ2) is 6.11. The summed E-state index contributed by atoms with van der Waals surface area (Å²) in [5, 5.41) is 11.7. The third-order valence-electron chi connectivity index (χ3n) is 4.04. The number of hydrogen-bond acceptors (Lipinski definition) is 2. The average molecular weight is 271 g/mol. The molecular weight excluding hydrogens is 250 g/mol. The molecule has 1 aromatic carbocycles. The van der Waals surface area contributed by atoms with Crippen molar-refractivity contribution in [2.75, 3.05) is 11.9 Å². The van der Waals surface area contributed by atoms with Crippen LogP contribution in [0.3, 0.4) is 0 Å². The maximum atomic E-state index is 12.3. The lowest BCUT2D eigenvalue weighted by Crippen LogP contribution is -2.30. The van der Waals surface area contributed by atoms with Gasteiger partial charge in [0.05, 0.1) is 0 Å². The van der Waals surface area contributed by atoms with Crippen molar-refractivity contribution >= 4 is 11.6 Å².